The highest BCUT2D eigenvalue weighted by molar-refractivity contribution is 5.79. The van der Waals surface area contributed by atoms with Crippen molar-refractivity contribution in [1.29, 1.82) is 0 Å². The molecule has 0 radical (unpaired) electrons. The lowest BCUT2D eigenvalue weighted by Gasteiger charge is -2.03. The number of rotatable bonds is 4. The van der Waals surface area contributed by atoms with Crippen LogP contribution in [0, 0.1) is 6.92 Å². The van der Waals surface area contributed by atoms with Crippen LogP contribution in [0.3, 0.4) is 0 Å². The number of pyridine rings is 1. The molecule has 0 fully saturated rings. The quantitative estimate of drug-likeness (QED) is 0.715. The van der Waals surface area contributed by atoms with Gasteiger partial charge in [0.2, 0.25) is 0 Å². The minimum Gasteiger partial charge on any atom is -0.385 e. The number of methoxy groups -OCH3 is 1. The van der Waals surface area contributed by atoms with Gasteiger partial charge in [0.1, 0.15) is 5.65 Å². The molecule has 0 bridgehead atoms. The van der Waals surface area contributed by atoms with E-state index in [1.54, 1.807) is 7.11 Å². The first-order chi connectivity index (χ1) is 7.33. The second-order valence-electron chi connectivity index (χ2n) is 3.73. The van der Waals surface area contributed by atoms with Crippen molar-refractivity contribution in [2.45, 2.75) is 19.9 Å². The van der Waals surface area contributed by atoms with Crippen molar-refractivity contribution < 1.29 is 4.74 Å². The van der Waals surface area contributed by atoms with Gasteiger partial charge < -0.3 is 9.30 Å². The zero-order valence-electron chi connectivity index (χ0n) is 9.23. The Morgan fingerprint density at radius 2 is 2.33 bits per heavy atom. The van der Waals surface area contributed by atoms with E-state index in [2.05, 4.69) is 28.7 Å². The Kier molecular flexibility index (Phi) is 3.02. The summed E-state index contributed by atoms with van der Waals surface area (Å²) in [7, 11) is 1.73. The topological polar surface area (TPSA) is 27.1 Å². The van der Waals surface area contributed by atoms with Gasteiger partial charge in [0.15, 0.2) is 0 Å². The van der Waals surface area contributed by atoms with Crippen molar-refractivity contribution in [3.63, 3.8) is 0 Å². The van der Waals surface area contributed by atoms with Gasteiger partial charge in [-0.2, -0.15) is 0 Å². The summed E-state index contributed by atoms with van der Waals surface area (Å²) in [6.07, 6.45) is 5.03. The monoisotopic (exact) mass is 204 g/mol. The Labute approximate surface area is 89.7 Å². The standard InChI is InChI=1S/C12H16N2O/c1-10-9-14(7-4-8-15-2)12-11(10)5-3-6-13-12/h3,5-6,9H,4,7-8H2,1-2H3. The van der Waals surface area contributed by atoms with Crippen LogP contribution in [0.1, 0.15) is 12.0 Å². The molecule has 2 rings (SSSR count). The summed E-state index contributed by atoms with van der Waals surface area (Å²) in [5.74, 6) is 0. The molecule has 0 aliphatic carbocycles. The second kappa shape index (κ2) is 4.45. The Hall–Kier alpha value is -1.35. The third-order valence-corrected chi connectivity index (χ3v) is 2.58. The summed E-state index contributed by atoms with van der Waals surface area (Å²) in [6.45, 7) is 3.89. The molecule has 0 aliphatic rings. The van der Waals surface area contributed by atoms with Crippen molar-refractivity contribution in [2.75, 3.05) is 13.7 Å². The smallest absolute Gasteiger partial charge is 0.140 e. The molecule has 0 amide bonds. The lowest BCUT2D eigenvalue weighted by Crippen LogP contribution is -2.00. The third kappa shape index (κ3) is 2.02. The van der Waals surface area contributed by atoms with E-state index in [1.807, 2.05) is 12.3 Å². The van der Waals surface area contributed by atoms with E-state index >= 15 is 0 Å². The number of fused-ring (bicyclic) bond motifs is 1. The van der Waals surface area contributed by atoms with Crippen molar-refractivity contribution in [3.8, 4) is 0 Å². The third-order valence-electron chi connectivity index (χ3n) is 2.58. The summed E-state index contributed by atoms with van der Waals surface area (Å²) in [5.41, 5.74) is 2.36. The fraction of sp³-hybridized carbons (Fsp3) is 0.417. The molecule has 0 atom stereocenters. The molecule has 0 aliphatic heterocycles. The first kappa shape index (κ1) is 10.2. The van der Waals surface area contributed by atoms with E-state index in [0.717, 1.165) is 25.2 Å². The first-order valence-electron chi connectivity index (χ1n) is 5.22. The predicted octanol–water partition coefficient (Wildman–Crippen LogP) is 2.38. The van der Waals surface area contributed by atoms with Crippen molar-refractivity contribution in [2.24, 2.45) is 0 Å². The Morgan fingerprint density at radius 1 is 1.47 bits per heavy atom. The number of nitrogens with zero attached hydrogens (tertiary/aromatic N) is 2. The first-order valence-corrected chi connectivity index (χ1v) is 5.22. The summed E-state index contributed by atoms with van der Waals surface area (Å²) >= 11 is 0. The number of hydrogen-bond donors (Lipinski definition) is 0. The van der Waals surface area contributed by atoms with Gasteiger partial charge in [-0.25, -0.2) is 4.98 Å². The average molecular weight is 204 g/mol. The lowest BCUT2D eigenvalue weighted by molar-refractivity contribution is 0.190. The van der Waals surface area contributed by atoms with Gasteiger partial charge in [-0.05, 0) is 31.0 Å². The highest BCUT2D eigenvalue weighted by Gasteiger charge is 2.04. The van der Waals surface area contributed by atoms with Crippen LogP contribution in [0.4, 0.5) is 0 Å². The summed E-state index contributed by atoms with van der Waals surface area (Å²) < 4.78 is 7.25. The maximum Gasteiger partial charge on any atom is 0.140 e. The molecule has 2 aromatic heterocycles. The van der Waals surface area contributed by atoms with Crippen LogP contribution in [-0.4, -0.2) is 23.3 Å². The van der Waals surface area contributed by atoms with Gasteiger partial charge in [-0.3, -0.25) is 0 Å². The zero-order valence-corrected chi connectivity index (χ0v) is 9.23. The van der Waals surface area contributed by atoms with E-state index in [-0.39, 0.29) is 0 Å². The van der Waals surface area contributed by atoms with E-state index in [4.69, 9.17) is 4.74 Å². The lowest BCUT2D eigenvalue weighted by atomic mass is 10.2. The summed E-state index contributed by atoms with van der Waals surface area (Å²) in [6, 6.07) is 4.10. The van der Waals surface area contributed by atoms with Crippen LogP contribution < -0.4 is 0 Å². The molecule has 3 nitrogen and oxygen atoms in total. The molecule has 0 aromatic carbocycles. The molecule has 0 spiro atoms. The fourth-order valence-electron chi connectivity index (χ4n) is 1.85. The molecule has 0 unspecified atom stereocenters. The van der Waals surface area contributed by atoms with Crippen LogP contribution in [0.25, 0.3) is 11.0 Å². The Balaban J connectivity index is 2.27. The van der Waals surface area contributed by atoms with Crippen LogP contribution >= 0.6 is 0 Å². The van der Waals surface area contributed by atoms with Gasteiger partial charge in [0.05, 0.1) is 0 Å². The largest absolute Gasteiger partial charge is 0.385 e. The summed E-state index contributed by atoms with van der Waals surface area (Å²) in [5, 5.41) is 1.25. The number of aryl methyl sites for hydroxylation is 2. The highest BCUT2D eigenvalue weighted by atomic mass is 16.5. The van der Waals surface area contributed by atoms with Gasteiger partial charge in [-0.1, -0.05) is 0 Å². The predicted molar refractivity (Wildman–Crippen MR) is 61.0 cm³/mol. The SMILES string of the molecule is COCCCn1cc(C)c2cccnc21. The summed E-state index contributed by atoms with van der Waals surface area (Å²) in [4.78, 5) is 4.40. The number of hydrogen-bond acceptors (Lipinski definition) is 2. The molecule has 0 saturated heterocycles. The number of ether oxygens (including phenoxy) is 1. The van der Waals surface area contributed by atoms with Gasteiger partial charge >= 0.3 is 0 Å². The van der Waals surface area contributed by atoms with Gasteiger partial charge in [-0.15, -0.1) is 0 Å². The molecule has 0 N–H and O–H groups in total. The average Bonchev–Trinajstić information content (AvgIpc) is 2.58. The van der Waals surface area contributed by atoms with Crippen molar-refractivity contribution in [1.82, 2.24) is 9.55 Å². The van der Waals surface area contributed by atoms with E-state index in [9.17, 15) is 0 Å². The Bertz CT molecular complexity index is 448. The maximum absolute atomic E-state index is 5.05. The molecule has 0 saturated carbocycles. The molecule has 15 heavy (non-hydrogen) atoms. The number of aromatic nitrogens is 2. The second-order valence-corrected chi connectivity index (χ2v) is 3.73. The van der Waals surface area contributed by atoms with E-state index < -0.39 is 0 Å². The maximum atomic E-state index is 5.05. The van der Waals surface area contributed by atoms with Crippen LogP contribution in [0.5, 0.6) is 0 Å². The van der Waals surface area contributed by atoms with Crippen LogP contribution in [0.15, 0.2) is 24.5 Å². The Morgan fingerprint density at radius 3 is 3.13 bits per heavy atom. The molecular formula is C12H16N2O. The fourth-order valence-corrected chi connectivity index (χ4v) is 1.85. The molecule has 3 heteroatoms. The molecule has 2 aromatic rings. The van der Waals surface area contributed by atoms with E-state index in [1.165, 1.54) is 10.9 Å². The molecular weight excluding hydrogens is 188 g/mol. The van der Waals surface area contributed by atoms with Crippen LogP contribution in [0.2, 0.25) is 0 Å². The van der Waals surface area contributed by atoms with Gasteiger partial charge in [0, 0.05) is 38.0 Å². The molecule has 80 valence electrons. The van der Waals surface area contributed by atoms with Crippen LogP contribution in [-0.2, 0) is 11.3 Å². The molecule has 2 heterocycles. The van der Waals surface area contributed by atoms with Crippen molar-refractivity contribution in [3.05, 3.63) is 30.1 Å². The zero-order chi connectivity index (χ0) is 10.7. The minimum atomic E-state index is 0.797. The van der Waals surface area contributed by atoms with E-state index in [0.29, 0.717) is 0 Å². The normalized spacial score (nSPS) is 11.1. The minimum absolute atomic E-state index is 0.797. The van der Waals surface area contributed by atoms with Gasteiger partial charge in [0.25, 0.3) is 0 Å². The highest BCUT2D eigenvalue weighted by Crippen LogP contribution is 2.18. The van der Waals surface area contributed by atoms with Crippen molar-refractivity contribution >= 4 is 11.0 Å².